The summed E-state index contributed by atoms with van der Waals surface area (Å²) in [6.07, 6.45) is 6.64. The molecule has 1 saturated heterocycles. The molecule has 0 amide bonds. The summed E-state index contributed by atoms with van der Waals surface area (Å²) in [7, 11) is -3.45. The van der Waals surface area contributed by atoms with Crippen molar-refractivity contribution in [3.05, 3.63) is 22.9 Å². The van der Waals surface area contributed by atoms with Gasteiger partial charge in [-0.15, -0.1) is 0 Å². The molecule has 1 saturated carbocycles. The molecule has 1 aromatic heterocycles. The SMILES string of the molecule is O=S(=O)(NCC1CCN(C2CC2)C1)c1cncc(Br)c1. The van der Waals surface area contributed by atoms with Gasteiger partial charge in [0, 0.05) is 36.0 Å². The molecule has 0 bridgehead atoms. The standard InChI is InChI=1S/C13H18BrN3O2S/c14-11-5-13(8-15-7-11)20(18,19)16-6-10-3-4-17(9-10)12-1-2-12/h5,7-8,10,12,16H,1-4,6,9H2. The largest absolute Gasteiger partial charge is 0.300 e. The van der Waals surface area contributed by atoms with Crippen molar-refractivity contribution in [2.45, 2.75) is 30.2 Å². The number of pyridine rings is 1. The Morgan fingerprint density at radius 3 is 2.85 bits per heavy atom. The van der Waals surface area contributed by atoms with E-state index in [1.54, 1.807) is 12.3 Å². The fraction of sp³-hybridized carbons (Fsp3) is 0.615. The van der Waals surface area contributed by atoms with Crippen molar-refractivity contribution >= 4 is 26.0 Å². The first-order valence-corrected chi connectivity index (χ1v) is 9.16. The summed E-state index contributed by atoms with van der Waals surface area (Å²) in [5.41, 5.74) is 0. The van der Waals surface area contributed by atoms with E-state index in [0.29, 0.717) is 16.9 Å². The van der Waals surface area contributed by atoms with Crippen molar-refractivity contribution in [2.75, 3.05) is 19.6 Å². The van der Waals surface area contributed by atoms with Gasteiger partial charge in [0.25, 0.3) is 0 Å². The molecule has 1 aromatic rings. The zero-order valence-corrected chi connectivity index (χ0v) is 13.5. The molecule has 2 heterocycles. The number of rotatable bonds is 5. The molecule has 7 heteroatoms. The van der Waals surface area contributed by atoms with Crippen LogP contribution in [0.2, 0.25) is 0 Å². The Kier molecular flexibility index (Phi) is 4.12. The molecule has 0 aromatic carbocycles. The summed E-state index contributed by atoms with van der Waals surface area (Å²) >= 11 is 3.24. The summed E-state index contributed by atoms with van der Waals surface area (Å²) in [6, 6.07) is 2.34. The minimum atomic E-state index is -3.45. The summed E-state index contributed by atoms with van der Waals surface area (Å²) < 4.78 is 27.7. The Labute approximate surface area is 127 Å². The number of halogens is 1. The molecule has 1 atom stereocenters. The minimum absolute atomic E-state index is 0.212. The smallest absolute Gasteiger partial charge is 0.242 e. The third-order valence-corrected chi connectivity index (χ3v) is 5.76. The number of nitrogens with one attached hydrogen (secondary N) is 1. The first kappa shape index (κ1) is 14.4. The van der Waals surface area contributed by atoms with Crippen LogP contribution < -0.4 is 4.72 Å². The molecule has 110 valence electrons. The lowest BCUT2D eigenvalue weighted by atomic mass is 10.1. The summed E-state index contributed by atoms with van der Waals surface area (Å²) in [5, 5.41) is 0. The summed E-state index contributed by atoms with van der Waals surface area (Å²) in [4.78, 5) is 6.60. The molecule has 20 heavy (non-hydrogen) atoms. The third kappa shape index (κ3) is 3.39. The maximum Gasteiger partial charge on any atom is 0.242 e. The number of hydrogen-bond acceptors (Lipinski definition) is 4. The van der Waals surface area contributed by atoms with Crippen LogP contribution >= 0.6 is 15.9 Å². The lowest BCUT2D eigenvalue weighted by molar-refractivity contribution is 0.314. The molecule has 0 spiro atoms. The molecular formula is C13H18BrN3O2S. The second-order valence-electron chi connectivity index (χ2n) is 5.57. The Hall–Kier alpha value is -0.500. The number of nitrogens with zero attached hydrogens (tertiary/aromatic N) is 2. The van der Waals surface area contributed by atoms with Gasteiger partial charge in [0.15, 0.2) is 0 Å². The molecule has 1 N–H and O–H groups in total. The predicted octanol–water partition coefficient (Wildman–Crippen LogP) is 1.61. The van der Waals surface area contributed by atoms with Crippen molar-refractivity contribution in [1.82, 2.24) is 14.6 Å². The first-order chi connectivity index (χ1) is 9.54. The highest BCUT2D eigenvalue weighted by atomic mass is 79.9. The van der Waals surface area contributed by atoms with Gasteiger partial charge < -0.3 is 4.90 Å². The van der Waals surface area contributed by atoms with Crippen LogP contribution in [0, 0.1) is 5.92 Å². The van der Waals surface area contributed by atoms with Gasteiger partial charge in [-0.25, -0.2) is 13.1 Å². The van der Waals surface area contributed by atoms with E-state index in [1.807, 2.05) is 0 Å². The van der Waals surface area contributed by atoms with Crippen LogP contribution in [0.3, 0.4) is 0 Å². The van der Waals surface area contributed by atoms with Crippen LogP contribution in [0.4, 0.5) is 0 Å². The quantitative estimate of drug-likeness (QED) is 0.867. The van der Waals surface area contributed by atoms with Crippen LogP contribution in [0.5, 0.6) is 0 Å². The van der Waals surface area contributed by atoms with Crippen LogP contribution in [0.1, 0.15) is 19.3 Å². The number of hydrogen-bond donors (Lipinski definition) is 1. The Bertz CT molecular complexity index is 589. The maximum atomic E-state index is 12.2. The van der Waals surface area contributed by atoms with Crippen LogP contribution in [-0.2, 0) is 10.0 Å². The van der Waals surface area contributed by atoms with Crippen molar-refractivity contribution in [1.29, 1.82) is 0 Å². The lowest BCUT2D eigenvalue weighted by Gasteiger charge is -2.15. The van der Waals surface area contributed by atoms with Gasteiger partial charge in [0.2, 0.25) is 10.0 Å². The fourth-order valence-electron chi connectivity index (χ4n) is 2.65. The van der Waals surface area contributed by atoms with Gasteiger partial charge in [-0.3, -0.25) is 4.98 Å². The normalized spacial score (nSPS) is 24.1. The molecule has 0 radical (unpaired) electrons. The van der Waals surface area contributed by atoms with Gasteiger partial charge in [-0.2, -0.15) is 0 Å². The van der Waals surface area contributed by atoms with E-state index in [2.05, 4.69) is 30.5 Å². The fourth-order valence-corrected chi connectivity index (χ4v) is 4.27. The van der Waals surface area contributed by atoms with Crippen molar-refractivity contribution in [3.63, 3.8) is 0 Å². The van der Waals surface area contributed by atoms with Gasteiger partial charge in [-0.1, -0.05) is 0 Å². The minimum Gasteiger partial charge on any atom is -0.300 e. The Balaban J connectivity index is 1.57. The number of aromatic nitrogens is 1. The lowest BCUT2D eigenvalue weighted by Crippen LogP contribution is -2.31. The van der Waals surface area contributed by atoms with Gasteiger partial charge >= 0.3 is 0 Å². The molecule has 1 unspecified atom stereocenters. The Morgan fingerprint density at radius 2 is 2.15 bits per heavy atom. The molecule has 1 aliphatic heterocycles. The highest BCUT2D eigenvalue weighted by Crippen LogP contribution is 2.31. The highest BCUT2D eigenvalue weighted by Gasteiger charge is 2.34. The van der Waals surface area contributed by atoms with E-state index < -0.39 is 10.0 Å². The molecule has 2 fully saturated rings. The average Bonchev–Trinajstić information content (AvgIpc) is 3.16. The third-order valence-electron chi connectivity index (χ3n) is 3.93. The monoisotopic (exact) mass is 359 g/mol. The molecule has 3 rings (SSSR count). The van der Waals surface area contributed by atoms with E-state index in [4.69, 9.17) is 0 Å². The van der Waals surface area contributed by atoms with Gasteiger partial charge in [0.1, 0.15) is 4.90 Å². The molecule has 2 aliphatic rings. The van der Waals surface area contributed by atoms with E-state index in [9.17, 15) is 8.42 Å². The zero-order chi connectivity index (χ0) is 14.2. The van der Waals surface area contributed by atoms with Crippen molar-refractivity contribution in [3.8, 4) is 0 Å². The maximum absolute atomic E-state index is 12.2. The van der Waals surface area contributed by atoms with Gasteiger partial charge in [-0.05, 0) is 53.7 Å². The van der Waals surface area contributed by atoms with Crippen LogP contribution in [0.25, 0.3) is 0 Å². The topological polar surface area (TPSA) is 62.3 Å². The molecule has 1 aliphatic carbocycles. The zero-order valence-electron chi connectivity index (χ0n) is 11.1. The van der Waals surface area contributed by atoms with Crippen molar-refractivity contribution in [2.24, 2.45) is 5.92 Å². The van der Waals surface area contributed by atoms with E-state index >= 15 is 0 Å². The second kappa shape index (κ2) is 5.71. The molecular weight excluding hydrogens is 342 g/mol. The average molecular weight is 360 g/mol. The molecule has 5 nitrogen and oxygen atoms in total. The van der Waals surface area contributed by atoms with Gasteiger partial charge in [0.05, 0.1) is 0 Å². The number of likely N-dealkylation sites (tertiary alicyclic amines) is 1. The first-order valence-electron chi connectivity index (χ1n) is 6.89. The van der Waals surface area contributed by atoms with E-state index in [0.717, 1.165) is 25.6 Å². The van der Waals surface area contributed by atoms with Crippen molar-refractivity contribution < 1.29 is 8.42 Å². The second-order valence-corrected chi connectivity index (χ2v) is 8.25. The summed E-state index contributed by atoms with van der Waals surface area (Å²) in [6.45, 7) is 2.64. The van der Waals surface area contributed by atoms with E-state index in [-0.39, 0.29) is 4.90 Å². The highest BCUT2D eigenvalue weighted by molar-refractivity contribution is 9.10. The van der Waals surface area contributed by atoms with E-state index in [1.165, 1.54) is 19.0 Å². The number of sulfonamides is 1. The van der Waals surface area contributed by atoms with Crippen LogP contribution in [-0.4, -0.2) is 44.0 Å². The predicted molar refractivity (Wildman–Crippen MR) is 79.8 cm³/mol. The van der Waals surface area contributed by atoms with Crippen LogP contribution in [0.15, 0.2) is 27.8 Å². The summed E-state index contributed by atoms with van der Waals surface area (Å²) in [5.74, 6) is 0.422. The Morgan fingerprint density at radius 1 is 1.35 bits per heavy atom.